The van der Waals surface area contributed by atoms with Crippen LogP contribution in [0.25, 0.3) is 11.0 Å². The fourth-order valence-corrected chi connectivity index (χ4v) is 2.32. The third kappa shape index (κ3) is 2.96. The van der Waals surface area contributed by atoms with Crippen LogP contribution in [-0.4, -0.2) is 11.8 Å². The van der Waals surface area contributed by atoms with Gasteiger partial charge in [0, 0.05) is 22.6 Å². The summed E-state index contributed by atoms with van der Waals surface area (Å²) in [6.45, 7) is 1.71. The fourth-order valence-electron chi connectivity index (χ4n) is 2.32. The third-order valence-electron chi connectivity index (χ3n) is 3.46. The Labute approximate surface area is 135 Å². The minimum Gasteiger partial charge on any atom is -0.451 e. The van der Waals surface area contributed by atoms with Gasteiger partial charge in [0.1, 0.15) is 17.2 Å². The molecule has 2 N–H and O–H groups in total. The van der Waals surface area contributed by atoms with E-state index in [9.17, 15) is 18.4 Å². The lowest BCUT2D eigenvalue weighted by molar-refractivity contribution is 0.0831. The van der Waals surface area contributed by atoms with Crippen LogP contribution in [-0.2, 0) is 0 Å². The molecule has 0 aliphatic heterocycles. The zero-order chi connectivity index (χ0) is 17.3. The first-order valence-electron chi connectivity index (χ1n) is 7.00. The van der Waals surface area contributed by atoms with Crippen LogP contribution in [0.5, 0.6) is 0 Å². The quantitative estimate of drug-likeness (QED) is 0.709. The van der Waals surface area contributed by atoms with E-state index in [2.05, 4.69) is 10.9 Å². The van der Waals surface area contributed by atoms with Gasteiger partial charge in [-0.1, -0.05) is 18.2 Å². The molecule has 3 aromatic rings. The number of carbonyl (C=O) groups excluding carboxylic acids is 2. The summed E-state index contributed by atoms with van der Waals surface area (Å²) >= 11 is 0. The molecule has 1 heterocycles. The Bertz CT molecular complexity index is 930. The molecular formula is C17H12F2N2O3. The molecule has 2 amide bonds. The maximum absolute atomic E-state index is 13.1. The van der Waals surface area contributed by atoms with Gasteiger partial charge < -0.3 is 4.42 Å². The summed E-state index contributed by atoms with van der Waals surface area (Å²) in [6, 6.07) is 9.47. The average molecular weight is 330 g/mol. The molecule has 2 aromatic carbocycles. The molecule has 0 spiro atoms. The second-order valence-electron chi connectivity index (χ2n) is 5.12. The number of carbonyl (C=O) groups is 2. The molecule has 122 valence electrons. The Kier molecular flexibility index (Phi) is 3.99. The highest BCUT2D eigenvalue weighted by atomic mass is 19.1. The summed E-state index contributed by atoms with van der Waals surface area (Å²) in [5.41, 5.74) is 5.16. The number of hydrogen-bond acceptors (Lipinski definition) is 3. The number of rotatable bonds is 2. The van der Waals surface area contributed by atoms with Crippen molar-refractivity contribution in [1.82, 2.24) is 10.9 Å². The van der Waals surface area contributed by atoms with Gasteiger partial charge in [-0.2, -0.15) is 0 Å². The molecular weight excluding hydrogens is 318 g/mol. The van der Waals surface area contributed by atoms with E-state index in [0.717, 1.165) is 17.5 Å². The van der Waals surface area contributed by atoms with E-state index in [0.29, 0.717) is 17.2 Å². The minimum atomic E-state index is -0.889. The van der Waals surface area contributed by atoms with Crippen molar-refractivity contribution >= 4 is 22.8 Å². The number of hydrazine groups is 1. The molecule has 0 saturated heterocycles. The Balaban J connectivity index is 1.75. The first-order valence-corrected chi connectivity index (χ1v) is 7.00. The van der Waals surface area contributed by atoms with Gasteiger partial charge in [-0.3, -0.25) is 20.4 Å². The van der Waals surface area contributed by atoms with Crippen LogP contribution >= 0.6 is 0 Å². The minimum absolute atomic E-state index is 0.0434. The van der Waals surface area contributed by atoms with Gasteiger partial charge >= 0.3 is 5.91 Å². The molecule has 3 rings (SSSR count). The van der Waals surface area contributed by atoms with Gasteiger partial charge in [-0.05, 0) is 25.1 Å². The predicted molar refractivity (Wildman–Crippen MR) is 82.2 cm³/mol. The first-order chi connectivity index (χ1) is 11.5. The lowest BCUT2D eigenvalue weighted by Gasteiger charge is -2.06. The zero-order valence-electron chi connectivity index (χ0n) is 12.5. The van der Waals surface area contributed by atoms with Crippen molar-refractivity contribution in [3.63, 3.8) is 0 Å². The molecule has 0 bridgehead atoms. The molecule has 0 aliphatic rings. The highest BCUT2D eigenvalue weighted by Crippen LogP contribution is 2.24. The Morgan fingerprint density at radius 2 is 1.58 bits per heavy atom. The summed E-state index contributed by atoms with van der Waals surface area (Å²) in [6.07, 6.45) is 0. The largest absolute Gasteiger partial charge is 0.451 e. The topological polar surface area (TPSA) is 71.3 Å². The third-order valence-corrected chi connectivity index (χ3v) is 3.46. The number of aryl methyl sites for hydroxylation is 1. The van der Waals surface area contributed by atoms with Crippen molar-refractivity contribution < 1.29 is 22.8 Å². The second kappa shape index (κ2) is 6.11. The van der Waals surface area contributed by atoms with Gasteiger partial charge in [0.05, 0.1) is 0 Å². The molecule has 7 heteroatoms. The summed E-state index contributed by atoms with van der Waals surface area (Å²) in [5, 5.41) is 0.779. The molecule has 0 atom stereocenters. The second-order valence-corrected chi connectivity index (χ2v) is 5.12. The van der Waals surface area contributed by atoms with Gasteiger partial charge in [0.25, 0.3) is 5.91 Å². The summed E-state index contributed by atoms with van der Waals surface area (Å²) in [5.74, 6) is -3.26. The smallest absolute Gasteiger partial charge is 0.305 e. The molecule has 0 radical (unpaired) electrons. The van der Waals surface area contributed by atoms with Crippen molar-refractivity contribution in [2.75, 3.05) is 0 Å². The normalized spacial score (nSPS) is 10.6. The first kappa shape index (κ1) is 15.7. The number of amides is 2. The molecule has 24 heavy (non-hydrogen) atoms. The highest BCUT2D eigenvalue weighted by Gasteiger charge is 2.18. The van der Waals surface area contributed by atoms with Crippen molar-refractivity contribution in [3.8, 4) is 0 Å². The maximum atomic E-state index is 13.1. The van der Waals surface area contributed by atoms with Crippen LogP contribution in [0.1, 0.15) is 26.5 Å². The highest BCUT2D eigenvalue weighted by molar-refractivity contribution is 6.01. The van der Waals surface area contributed by atoms with Crippen LogP contribution in [0.2, 0.25) is 0 Å². The maximum Gasteiger partial charge on any atom is 0.305 e. The predicted octanol–water partition coefficient (Wildman–Crippen LogP) is 3.09. The van der Waals surface area contributed by atoms with Gasteiger partial charge in [0.15, 0.2) is 5.76 Å². The van der Waals surface area contributed by atoms with E-state index >= 15 is 0 Å². The summed E-state index contributed by atoms with van der Waals surface area (Å²) in [4.78, 5) is 24.0. The summed E-state index contributed by atoms with van der Waals surface area (Å²) in [7, 11) is 0. The number of para-hydroxylation sites is 1. The van der Waals surface area contributed by atoms with E-state index in [-0.39, 0.29) is 11.3 Å². The van der Waals surface area contributed by atoms with E-state index in [4.69, 9.17) is 4.42 Å². The average Bonchev–Trinajstić information content (AvgIpc) is 2.89. The van der Waals surface area contributed by atoms with Gasteiger partial charge in [-0.15, -0.1) is 0 Å². The van der Waals surface area contributed by atoms with E-state index < -0.39 is 23.4 Å². The molecule has 1 aromatic heterocycles. The number of halogens is 2. The van der Waals surface area contributed by atoms with Crippen molar-refractivity contribution in [1.29, 1.82) is 0 Å². The van der Waals surface area contributed by atoms with Crippen LogP contribution in [0, 0.1) is 18.6 Å². The zero-order valence-corrected chi connectivity index (χ0v) is 12.5. The number of furan rings is 1. The number of hydrogen-bond donors (Lipinski definition) is 2. The standard InChI is InChI=1S/C17H12F2N2O3/c1-9-13-4-2-3-5-14(13)24-15(9)17(23)21-20-16(22)10-6-11(18)8-12(19)7-10/h2-8H,1H3,(H,20,22)(H,21,23). The van der Waals surface area contributed by atoms with Gasteiger partial charge in [-0.25, -0.2) is 8.78 Å². The Hall–Kier alpha value is -3.22. The monoisotopic (exact) mass is 330 g/mol. The lowest BCUT2D eigenvalue weighted by Crippen LogP contribution is -2.41. The molecule has 0 aliphatic carbocycles. The molecule has 0 saturated carbocycles. The Morgan fingerprint density at radius 1 is 0.958 bits per heavy atom. The van der Waals surface area contributed by atoms with E-state index in [1.54, 1.807) is 25.1 Å². The van der Waals surface area contributed by atoms with E-state index in [1.807, 2.05) is 6.07 Å². The number of fused-ring (bicyclic) bond motifs is 1. The molecule has 5 nitrogen and oxygen atoms in total. The van der Waals surface area contributed by atoms with Crippen LogP contribution in [0.15, 0.2) is 46.9 Å². The summed E-state index contributed by atoms with van der Waals surface area (Å²) < 4.78 is 31.7. The number of benzene rings is 2. The van der Waals surface area contributed by atoms with Crippen molar-refractivity contribution in [3.05, 3.63) is 71.0 Å². The lowest BCUT2D eigenvalue weighted by atomic mass is 10.1. The Morgan fingerprint density at radius 3 is 2.25 bits per heavy atom. The molecule has 0 fully saturated rings. The number of nitrogens with one attached hydrogen (secondary N) is 2. The van der Waals surface area contributed by atoms with Crippen molar-refractivity contribution in [2.24, 2.45) is 0 Å². The van der Waals surface area contributed by atoms with Crippen LogP contribution in [0.4, 0.5) is 8.78 Å². The molecule has 0 unspecified atom stereocenters. The fraction of sp³-hybridized carbons (Fsp3) is 0.0588. The van der Waals surface area contributed by atoms with Crippen molar-refractivity contribution in [2.45, 2.75) is 6.92 Å². The SMILES string of the molecule is Cc1c(C(=O)NNC(=O)c2cc(F)cc(F)c2)oc2ccccc12. The van der Waals surface area contributed by atoms with Crippen LogP contribution in [0.3, 0.4) is 0 Å². The van der Waals surface area contributed by atoms with Crippen LogP contribution < -0.4 is 10.9 Å². The van der Waals surface area contributed by atoms with Gasteiger partial charge in [0.2, 0.25) is 0 Å². The van der Waals surface area contributed by atoms with E-state index in [1.165, 1.54) is 0 Å².